The van der Waals surface area contributed by atoms with E-state index in [0.29, 0.717) is 6.54 Å². The summed E-state index contributed by atoms with van der Waals surface area (Å²) in [5.41, 5.74) is -0.00583. The summed E-state index contributed by atoms with van der Waals surface area (Å²) in [5, 5.41) is 12.3. The van der Waals surface area contributed by atoms with Gasteiger partial charge in [0.15, 0.2) is 17.3 Å². The van der Waals surface area contributed by atoms with Crippen LogP contribution in [0.5, 0.6) is 5.75 Å². The molecule has 2 N–H and O–H groups in total. The number of phenols is 1. The SMILES string of the molecule is O=C(c1cccc(O)c1F)C1CCCNC1. The van der Waals surface area contributed by atoms with Crippen molar-refractivity contribution in [2.45, 2.75) is 12.8 Å². The van der Waals surface area contributed by atoms with Crippen LogP contribution >= 0.6 is 0 Å². The third-order valence-electron chi connectivity index (χ3n) is 2.91. The Hall–Kier alpha value is -1.42. The van der Waals surface area contributed by atoms with Gasteiger partial charge < -0.3 is 10.4 Å². The molecule has 0 spiro atoms. The van der Waals surface area contributed by atoms with Crippen LogP contribution < -0.4 is 5.32 Å². The monoisotopic (exact) mass is 223 g/mol. The molecule has 0 bridgehead atoms. The van der Waals surface area contributed by atoms with Crippen molar-refractivity contribution >= 4 is 5.78 Å². The molecule has 1 fully saturated rings. The number of halogens is 1. The van der Waals surface area contributed by atoms with Gasteiger partial charge in [0.05, 0.1) is 5.56 Å². The standard InChI is InChI=1S/C12H14FNO2/c13-11-9(4-1-5-10(11)15)12(16)8-3-2-6-14-7-8/h1,4-5,8,14-15H,2-3,6-7H2. The number of carbonyl (C=O) groups is 1. The Morgan fingerprint density at radius 3 is 3.00 bits per heavy atom. The van der Waals surface area contributed by atoms with Crippen LogP contribution in [-0.4, -0.2) is 24.0 Å². The number of hydrogen-bond acceptors (Lipinski definition) is 3. The predicted octanol–water partition coefficient (Wildman–Crippen LogP) is 1.71. The topological polar surface area (TPSA) is 49.3 Å². The minimum Gasteiger partial charge on any atom is -0.505 e. The first kappa shape index (κ1) is 11.1. The molecule has 0 saturated carbocycles. The zero-order valence-corrected chi connectivity index (χ0v) is 8.87. The van der Waals surface area contributed by atoms with Gasteiger partial charge in [-0.25, -0.2) is 4.39 Å². The van der Waals surface area contributed by atoms with Crippen LogP contribution in [-0.2, 0) is 0 Å². The van der Waals surface area contributed by atoms with Gasteiger partial charge in [-0.3, -0.25) is 4.79 Å². The van der Waals surface area contributed by atoms with Gasteiger partial charge in [-0.2, -0.15) is 0 Å². The van der Waals surface area contributed by atoms with Crippen LogP contribution in [0.4, 0.5) is 4.39 Å². The lowest BCUT2D eigenvalue weighted by Crippen LogP contribution is -2.34. The zero-order valence-electron chi connectivity index (χ0n) is 8.87. The fourth-order valence-electron chi connectivity index (χ4n) is 2.01. The Bertz CT molecular complexity index is 400. The minimum atomic E-state index is -0.807. The highest BCUT2D eigenvalue weighted by Gasteiger charge is 2.25. The summed E-state index contributed by atoms with van der Waals surface area (Å²) >= 11 is 0. The zero-order chi connectivity index (χ0) is 11.5. The average Bonchev–Trinajstić information content (AvgIpc) is 2.33. The molecule has 16 heavy (non-hydrogen) atoms. The van der Waals surface area contributed by atoms with Gasteiger partial charge in [0.25, 0.3) is 0 Å². The van der Waals surface area contributed by atoms with E-state index in [1.807, 2.05) is 0 Å². The van der Waals surface area contributed by atoms with E-state index in [1.54, 1.807) is 0 Å². The molecule has 1 aliphatic heterocycles. The molecule has 86 valence electrons. The quantitative estimate of drug-likeness (QED) is 0.750. The second-order valence-corrected chi connectivity index (χ2v) is 4.05. The number of ketones is 1. The van der Waals surface area contributed by atoms with Crippen molar-refractivity contribution in [2.75, 3.05) is 13.1 Å². The fraction of sp³-hybridized carbons (Fsp3) is 0.417. The number of phenolic OH excluding ortho intramolecular Hbond substituents is 1. The lowest BCUT2D eigenvalue weighted by Gasteiger charge is -2.21. The number of benzene rings is 1. The van der Waals surface area contributed by atoms with Crippen molar-refractivity contribution < 1.29 is 14.3 Å². The average molecular weight is 223 g/mol. The van der Waals surface area contributed by atoms with Crippen LogP contribution in [0, 0.1) is 11.7 Å². The van der Waals surface area contributed by atoms with Crippen molar-refractivity contribution in [3.63, 3.8) is 0 Å². The lowest BCUT2D eigenvalue weighted by molar-refractivity contribution is 0.0894. The Labute approximate surface area is 93.3 Å². The summed E-state index contributed by atoms with van der Waals surface area (Å²) < 4.78 is 13.5. The maximum atomic E-state index is 13.5. The highest BCUT2D eigenvalue weighted by molar-refractivity contribution is 5.98. The van der Waals surface area contributed by atoms with E-state index in [-0.39, 0.29) is 17.3 Å². The molecule has 0 aliphatic carbocycles. The van der Waals surface area contributed by atoms with Crippen molar-refractivity contribution in [2.24, 2.45) is 5.92 Å². The van der Waals surface area contributed by atoms with Gasteiger partial charge in [0, 0.05) is 12.5 Å². The highest BCUT2D eigenvalue weighted by Crippen LogP contribution is 2.23. The molecule has 2 rings (SSSR count). The van der Waals surface area contributed by atoms with E-state index in [4.69, 9.17) is 0 Å². The number of Topliss-reactive ketones (excluding diaryl/α,β-unsaturated/α-hetero) is 1. The van der Waals surface area contributed by atoms with Crippen LogP contribution in [0.1, 0.15) is 23.2 Å². The number of hydrogen-bond donors (Lipinski definition) is 2. The Balaban J connectivity index is 2.22. The maximum Gasteiger partial charge on any atom is 0.175 e. The number of rotatable bonds is 2. The molecule has 1 heterocycles. The number of nitrogens with one attached hydrogen (secondary N) is 1. The van der Waals surface area contributed by atoms with Crippen LogP contribution in [0.25, 0.3) is 0 Å². The van der Waals surface area contributed by atoms with Crippen molar-refractivity contribution in [3.8, 4) is 5.75 Å². The fourth-order valence-corrected chi connectivity index (χ4v) is 2.01. The van der Waals surface area contributed by atoms with E-state index < -0.39 is 11.6 Å². The van der Waals surface area contributed by atoms with E-state index in [0.717, 1.165) is 19.4 Å². The van der Waals surface area contributed by atoms with E-state index >= 15 is 0 Å². The van der Waals surface area contributed by atoms with Crippen molar-refractivity contribution in [3.05, 3.63) is 29.6 Å². The second-order valence-electron chi connectivity index (χ2n) is 4.05. The molecular weight excluding hydrogens is 209 g/mol. The van der Waals surface area contributed by atoms with E-state index in [1.165, 1.54) is 18.2 Å². The maximum absolute atomic E-state index is 13.5. The summed E-state index contributed by atoms with van der Waals surface area (Å²) in [6.45, 7) is 1.50. The van der Waals surface area contributed by atoms with E-state index in [2.05, 4.69) is 5.32 Å². The molecule has 0 amide bonds. The van der Waals surface area contributed by atoms with Gasteiger partial charge in [-0.15, -0.1) is 0 Å². The summed E-state index contributed by atoms with van der Waals surface area (Å²) in [6.07, 6.45) is 1.71. The van der Waals surface area contributed by atoms with Crippen molar-refractivity contribution in [1.29, 1.82) is 0 Å². The van der Waals surface area contributed by atoms with E-state index in [9.17, 15) is 14.3 Å². The predicted molar refractivity (Wildman–Crippen MR) is 58.0 cm³/mol. The third kappa shape index (κ3) is 2.07. The normalized spacial score (nSPS) is 20.7. The van der Waals surface area contributed by atoms with Gasteiger partial charge in [-0.1, -0.05) is 6.07 Å². The number of aromatic hydroxyl groups is 1. The third-order valence-corrected chi connectivity index (χ3v) is 2.91. The first-order valence-corrected chi connectivity index (χ1v) is 5.42. The summed E-state index contributed by atoms with van der Waals surface area (Å²) in [7, 11) is 0. The number of carbonyl (C=O) groups excluding carboxylic acids is 1. The number of piperidine rings is 1. The van der Waals surface area contributed by atoms with Crippen LogP contribution in [0.15, 0.2) is 18.2 Å². The molecule has 1 atom stereocenters. The van der Waals surface area contributed by atoms with Crippen molar-refractivity contribution in [1.82, 2.24) is 5.32 Å². The smallest absolute Gasteiger partial charge is 0.175 e. The molecule has 3 nitrogen and oxygen atoms in total. The Morgan fingerprint density at radius 1 is 1.50 bits per heavy atom. The molecule has 1 unspecified atom stereocenters. The Morgan fingerprint density at radius 2 is 2.31 bits per heavy atom. The molecule has 4 heteroatoms. The Kier molecular flexibility index (Phi) is 3.19. The van der Waals surface area contributed by atoms with Gasteiger partial charge in [0.1, 0.15) is 0 Å². The molecule has 1 saturated heterocycles. The molecule has 0 radical (unpaired) electrons. The first-order valence-electron chi connectivity index (χ1n) is 5.42. The highest BCUT2D eigenvalue weighted by atomic mass is 19.1. The molecule has 1 aliphatic rings. The summed E-state index contributed by atoms with van der Waals surface area (Å²) in [4.78, 5) is 12.0. The van der Waals surface area contributed by atoms with Gasteiger partial charge >= 0.3 is 0 Å². The summed E-state index contributed by atoms with van der Waals surface area (Å²) in [6, 6.07) is 4.15. The minimum absolute atomic E-state index is 0.00583. The van der Waals surface area contributed by atoms with Crippen LogP contribution in [0.3, 0.4) is 0 Å². The largest absolute Gasteiger partial charge is 0.505 e. The molecular formula is C12H14FNO2. The lowest BCUT2D eigenvalue weighted by atomic mass is 9.90. The second kappa shape index (κ2) is 4.61. The van der Waals surface area contributed by atoms with Gasteiger partial charge in [0.2, 0.25) is 0 Å². The molecule has 1 aromatic rings. The summed E-state index contributed by atoms with van der Waals surface area (Å²) in [5.74, 6) is -1.67. The first-order chi connectivity index (χ1) is 7.70. The molecule has 0 aromatic heterocycles. The van der Waals surface area contributed by atoms with Gasteiger partial charge in [-0.05, 0) is 31.5 Å². The molecule has 1 aromatic carbocycles. The van der Waals surface area contributed by atoms with Crippen LogP contribution in [0.2, 0.25) is 0 Å².